The van der Waals surface area contributed by atoms with Crippen molar-refractivity contribution in [1.29, 1.82) is 0 Å². The number of nitrogens with zero attached hydrogens (tertiary/aromatic N) is 4. The summed E-state index contributed by atoms with van der Waals surface area (Å²) in [5.41, 5.74) is 4.94. The summed E-state index contributed by atoms with van der Waals surface area (Å²) in [5.74, 6) is 0. The molecule has 4 nitrogen and oxygen atoms in total. The highest BCUT2D eigenvalue weighted by Crippen LogP contribution is 2.15. The van der Waals surface area contributed by atoms with Gasteiger partial charge in [-0.05, 0) is 23.3 Å². The van der Waals surface area contributed by atoms with Gasteiger partial charge in [0, 0.05) is 48.5 Å². The zero-order valence-corrected chi connectivity index (χ0v) is 25.0. The second-order valence-corrected chi connectivity index (χ2v) is 6.90. The average molecular weight is 493 g/mol. The van der Waals surface area contributed by atoms with Crippen LogP contribution in [0.2, 0.25) is 0 Å². The Kier molecular flexibility index (Phi) is 21.3. The van der Waals surface area contributed by atoms with Crippen LogP contribution in [0.1, 0.15) is 55.4 Å². The molecule has 4 heteroatoms. The van der Waals surface area contributed by atoms with Gasteiger partial charge in [0.1, 0.15) is 28.2 Å². The van der Waals surface area contributed by atoms with E-state index in [1.807, 2.05) is 90.8 Å². The van der Waals surface area contributed by atoms with Gasteiger partial charge in [0.15, 0.2) is 37.2 Å². The summed E-state index contributed by atoms with van der Waals surface area (Å²) in [6.45, 7) is 16.0. The van der Waals surface area contributed by atoms with Gasteiger partial charge in [-0.2, -0.15) is 9.13 Å². The Bertz CT molecular complexity index is 953. The fourth-order valence-electron chi connectivity index (χ4n) is 2.97. The molecule has 0 fully saturated rings. The summed E-state index contributed by atoms with van der Waals surface area (Å²) < 4.78 is 8.31. The lowest BCUT2D eigenvalue weighted by atomic mass is 10.1. The van der Waals surface area contributed by atoms with Crippen molar-refractivity contribution in [2.45, 2.75) is 55.4 Å². The average Bonchev–Trinajstić information content (AvgIpc) is 2.95. The van der Waals surface area contributed by atoms with Crippen molar-refractivity contribution >= 4 is 0 Å². The summed E-state index contributed by atoms with van der Waals surface area (Å²) in [4.78, 5) is 0. The maximum absolute atomic E-state index is 2.12. The third-order valence-electron chi connectivity index (χ3n) is 4.66. The first kappa shape index (κ1) is 34.8. The van der Waals surface area contributed by atoms with Crippen molar-refractivity contribution in [1.82, 2.24) is 0 Å². The first-order chi connectivity index (χ1) is 17.5. The number of aryl methyl sites for hydroxylation is 4. The highest BCUT2D eigenvalue weighted by molar-refractivity contribution is 5.60. The van der Waals surface area contributed by atoms with Crippen LogP contribution in [0.3, 0.4) is 0 Å². The Labute approximate surface area is 222 Å². The number of rotatable bonds is 2. The predicted molar refractivity (Wildman–Crippen MR) is 154 cm³/mol. The highest BCUT2D eigenvalue weighted by atomic mass is 15.0. The van der Waals surface area contributed by atoms with Gasteiger partial charge in [-0.25, -0.2) is 9.13 Å². The molecule has 4 rings (SSSR count). The Morgan fingerprint density at radius 3 is 0.889 bits per heavy atom. The third kappa shape index (κ3) is 12.3. The van der Waals surface area contributed by atoms with Crippen LogP contribution in [0.25, 0.3) is 22.5 Å². The van der Waals surface area contributed by atoms with E-state index >= 15 is 0 Å². The van der Waals surface area contributed by atoms with E-state index < -0.39 is 0 Å². The second-order valence-electron chi connectivity index (χ2n) is 6.90. The van der Waals surface area contributed by atoms with Crippen LogP contribution >= 0.6 is 0 Å². The van der Waals surface area contributed by atoms with Gasteiger partial charge in [0.05, 0.1) is 0 Å². The summed E-state index contributed by atoms with van der Waals surface area (Å²) in [5, 5.41) is 0. The van der Waals surface area contributed by atoms with Crippen LogP contribution in [0, 0.1) is 0 Å². The maximum Gasteiger partial charge on any atom is 0.277 e. The molecular formula is C32H52N4+4. The van der Waals surface area contributed by atoms with Crippen molar-refractivity contribution in [3.63, 3.8) is 0 Å². The molecule has 0 aromatic carbocycles. The maximum atomic E-state index is 2.12. The summed E-state index contributed by atoms with van der Waals surface area (Å²) >= 11 is 0. The van der Waals surface area contributed by atoms with Gasteiger partial charge >= 0.3 is 0 Å². The molecule has 0 unspecified atom stereocenters. The fourth-order valence-corrected chi connectivity index (χ4v) is 2.97. The molecule has 0 saturated heterocycles. The topological polar surface area (TPSA) is 15.5 Å². The van der Waals surface area contributed by atoms with Crippen LogP contribution in [-0.2, 0) is 28.2 Å². The number of pyridine rings is 4. The molecule has 0 aliphatic heterocycles. The first-order valence-corrected chi connectivity index (χ1v) is 13.4. The Hall–Kier alpha value is -3.40. The minimum absolute atomic E-state index is 1.22. The van der Waals surface area contributed by atoms with E-state index in [4.69, 9.17) is 0 Å². The molecule has 0 spiro atoms. The van der Waals surface area contributed by atoms with Gasteiger partial charge in [0.25, 0.3) is 11.4 Å². The molecule has 36 heavy (non-hydrogen) atoms. The molecule has 0 bridgehead atoms. The fraction of sp³-hybridized carbons (Fsp3) is 0.375. The zero-order chi connectivity index (χ0) is 27.9. The number of hydrogen-bond donors (Lipinski definition) is 0. The predicted octanol–water partition coefficient (Wildman–Crippen LogP) is 6.11. The van der Waals surface area contributed by atoms with Crippen molar-refractivity contribution in [3.8, 4) is 22.5 Å². The molecule has 0 saturated carbocycles. The van der Waals surface area contributed by atoms with Crippen molar-refractivity contribution in [3.05, 3.63) is 97.8 Å². The summed E-state index contributed by atoms with van der Waals surface area (Å²) in [6.07, 6.45) is 12.3. The quantitative estimate of drug-likeness (QED) is 0.300. The number of hydrogen-bond acceptors (Lipinski definition) is 0. The van der Waals surface area contributed by atoms with Crippen LogP contribution in [-0.4, -0.2) is 0 Å². The molecule has 0 radical (unpaired) electrons. The van der Waals surface area contributed by atoms with E-state index in [1.54, 1.807) is 0 Å². The van der Waals surface area contributed by atoms with E-state index in [9.17, 15) is 0 Å². The van der Waals surface area contributed by atoms with Crippen molar-refractivity contribution in [2.24, 2.45) is 28.2 Å². The number of aromatic nitrogens is 4. The minimum atomic E-state index is 1.22. The summed E-state index contributed by atoms with van der Waals surface area (Å²) in [7, 11) is 8.16. The first-order valence-electron chi connectivity index (χ1n) is 13.4. The molecule has 0 N–H and O–H groups in total. The molecule has 4 aromatic rings. The van der Waals surface area contributed by atoms with Gasteiger partial charge < -0.3 is 0 Å². The molecular weight excluding hydrogens is 440 g/mol. The molecule has 0 aliphatic carbocycles. The van der Waals surface area contributed by atoms with E-state index in [2.05, 4.69) is 109 Å². The molecule has 4 aromatic heterocycles. The molecule has 196 valence electrons. The van der Waals surface area contributed by atoms with E-state index in [0.29, 0.717) is 0 Å². The molecule has 0 atom stereocenters. The standard InChI is InChI=1S/2C12H14N2.4C2H6/c1-13-7-3-11(4-8-13)12-5-9-14(2)10-6-12;1-13-9-5-3-7-11(13)12-8-4-6-10-14(12)2;4*1-2/h2*3-10H,1-2H3;4*1-2H3/q2*+2;;;;. The third-order valence-corrected chi connectivity index (χ3v) is 4.66. The molecule has 0 aliphatic rings. The Morgan fingerprint density at radius 1 is 0.361 bits per heavy atom. The van der Waals surface area contributed by atoms with Crippen molar-refractivity contribution in [2.75, 3.05) is 0 Å². The SMILES string of the molecule is CC.CC.CC.CC.C[n+]1ccc(-c2cc[n+](C)cc2)cc1.C[n+]1ccccc1-c1cccc[n+]1C. The van der Waals surface area contributed by atoms with E-state index in [0.717, 1.165) is 0 Å². The smallest absolute Gasteiger partial charge is 0.208 e. The van der Waals surface area contributed by atoms with Crippen LogP contribution in [0.5, 0.6) is 0 Å². The van der Waals surface area contributed by atoms with Gasteiger partial charge in [-0.1, -0.05) is 55.4 Å². The van der Waals surface area contributed by atoms with Crippen LogP contribution < -0.4 is 18.3 Å². The van der Waals surface area contributed by atoms with Gasteiger partial charge in [0.2, 0.25) is 0 Å². The Balaban J connectivity index is 0. The monoisotopic (exact) mass is 492 g/mol. The van der Waals surface area contributed by atoms with Gasteiger partial charge in [-0.15, -0.1) is 0 Å². The van der Waals surface area contributed by atoms with E-state index in [-0.39, 0.29) is 0 Å². The molecule has 4 heterocycles. The second kappa shape index (κ2) is 22.1. The minimum Gasteiger partial charge on any atom is -0.208 e. The lowest BCUT2D eigenvalue weighted by Gasteiger charge is -1.97. The molecule has 0 amide bonds. The normalized spacial score (nSPS) is 8.56. The largest absolute Gasteiger partial charge is 0.277 e. The van der Waals surface area contributed by atoms with Crippen molar-refractivity contribution < 1.29 is 18.3 Å². The lowest BCUT2D eigenvalue weighted by molar-refractivity contribution is -0.690. The van der Waals surface area contributed by atoms with Gasteiger partial charge in [-0.3, -0.25) is 0 Å². The van der Waals surface area contributed by atoms with E-state index in [1.165, 1.54) is 22.5 Å². The zero-order valence-electron chi connectivity index (χ0n) is 25.0. The van der Waals surface area contributed by atoms with Crippen LogP contribution in [0.15, 0.2) is 97.8 Å². The highest BCUT2D eigenvalue weighted by Gasteiger charge is 2.16. The summed E-state index contributed by atoms with van der Waals surface area (Å²) in [6, 6.07) is 20.9. The Morgan fingerprint density at radius 2 is 0.639 bits per heavy atom. The van der Waals surface area contributed by atoms with Crippen LogP contribution in [0.4, 0.5) is 0 Å². The lowest BCUT2D eigenvalue weighted by Crippen LogP contribution is -2.37.